The molecule has 0 aromatic heterocycles. The maximum atomic E-state index is 13.5. The van der Waals surface area contributed by atoms with Crippen LogP contribution in [0.25, 0.3) is 0 Å². The second-order valence-electron chi connectivity index (χ2n) is 2.68. The first-order chi connectivity index (χ1) is 7.63. The molecule has 0 unspecified atom stereocenters. The van der Waals surface area contributed by atoms with Gasteiger partial charge in [-0.2, -0.15) is 4.39 Å². The van der Waals surface area contributed by atoms with E-state index in [0.717, 1.165) is 0 Å². The van der Waals surface area contributed by atoms with Crippen molar-refractivity contribution >= 4 is 51.6 Å². The largest absolute Gasteiger partial charge is 0.439 e. The normalized spacial score (nSPS) is 11.5. The van der Waals surface area contributed by atoms with Gasteiger partial charge in [0.15, 0.2) is 17.4 Å². The van der Waals surface area contributed by atoms with Gasteiger partial charge >= 0.3 is 3.98 Å². The van der Waals surface area contributed by atoms with Crippen LogP contribution in [0.5, 0.6) is 5.75 Å². The Labute approximate surface area is 113 Å². The van der Waals surface area contributed by atoms with Crippen molar-refractivity contribution in [2.45, 2.75) is 3.98 Å². The molecule has 17 heavy (non-hydrogen) atoms. The molecule has 0 N–H and O–H groups in total. The van der Waals surface area contributed by atoms with E-state index in [1.165, 1.54) is 0 Å². The molecule has 0 aliphatic heterocycles. The molecule has 0 saturated heterocycles. The summed E-state index contributed by atoms with van der Waals surface area (Å²) in [5.41, 5.74) is -0.935. The number of alkyl halides is 3. The van der Waals surface area contributed by atoms with Crippen LogP contribution in [0.4, 0.5) is 13.2 Å². The number of carbonyl (C=O) groups is 1. The minimum absolute atomic E-state index is 0.269. The van der Waals surface area contributed by atoms with E-state index in [1.807, 2.05) is 0 Å². The minimum Gasteiger partial charge on any atom is -0.439 e. The van der Waals surface area contributed by atoms with Crippen LogP contribution in [0.1, 0.15) is 10.4 Å². The molecular formula is C8HCl4F3O2. The second kappa shape index (κ2) is 5.10. The van der Waals surface area contributed by atoms with Crippen LogP contribution >= 0.6 is 46.4 Å². The number of rotatable bonds is 2. The SMILES string of the molecule is O=C(Cl)c1cc(F)c(F)c(OC(Cl)(Cl)Cl)c1F. The third-order valence-electron chi connectivity index (χ3n) is 1.55. The van der Waals surface area contributed by atoms with E-state index >= 15 is 0 Å². The Morgan fingerprint density at radius 2 is 1.71 bits per heavy atom. The van der Waals surface area contributed by atoms with Gasteiger partial charge in [0.25, 0.3) is 5.24 Å². The Morgan fingerprint density at radius 1 is 1.18 bits per heavy atom. The van der Waals surface area contributed by atoms with E-state index in [1.54, 1.807) is 0 Å². The summed E-state index contributed by atoms with van der Waals surface area (Å²) in [6.45, 7) is 0. The third kappa shape index (κ3) is 3.55. The van der Waals surface area contributed by atoms with Crippen molar-refractivity contribution < 1.29 is 22.7 Å². The number of ether oxygens (including phenoxy) is 1. The summed E-state index contributed by atoms with van der Waals surface area (Å²) in [7, 11) is 0. The van der Waals surface area contributed by atoms with Crippen molar-refractivity contribution in [1.82, 2.24) is 0 Å². The molecule has 1 aromatic rings. The Bertz CT molecular complexity index is 473. The highest BCUT2D eigenvalue weighted by Crippen LogP contribution is 2.35. The zero-order valence-corrected chi connectivity index (χ0v) is 10.6. The van der Waals surface area contributed by atoms with Crippen LogP contribution in [-0.4, -0.2) is 9.22 Å². The lowest BCUT2D eigenvalue weighted by molar-refractivity contribution is 0.107. The van der Waals surface area contributed by atoms with Crippen molar-refractivity contribution in [2.75, 3.05) is 0 Å². The van der Waals surface area contributed by atoms with Gasteiger partial charge in [-0.15, -0.1) is 0 Å². The smallest absolute Gasteiger partial charge is 0.338 e. The molecule has 0 heterocycles. The summed E-state index contributed by atoms with van der Waals surface area (Å²) in [6.07, 6.45) is 0. The molecule has 0 aliphatic rings. The van der Waals surface area contributed by atoms with Crippen LogP contribution < -0.4 is 4.74 Å². The van der Waals surface area contributed by atoms with Crippen LogP contribution in [0.2, 0.25) is 0 Å². The molecule has 0 spiro atoms. The average molecular weight is 328 g/mol. The quantitative estimate of drug-likeness (QED) is 0.462. The van der Waals surface area contributed by atoms with E-state index < -0.39 is 38.0 Å². The fourth-order valence-electron chi connectivity index (χ4n) is 0.929. The average Bonchev–Trinajstić information content (AvgIpc) is 2.16. The van der Waals surface area contributed by atoms with Gasteiger partial charge in [0.1, 0.15) is 0 Å². The molecule has 1 rings (SSSR count). The van der Waals surface area contributed by atoms with Crippen LogP contribution in [-0.2, 0) is 0 Å². The highest BCUT2D eigenvalue weighted by atomic mass is 35.6. The first-order valence-corrected chi connectivity index (χ1v) is 5.27. The maximum Gasteiger partial charge on any atom is 0.338 e. The standard InChI is InChI=1S/C8HCl4F3O2/c9-7(16)2-1-3(13)5(15)6(4(2)14)17-8(10,11)12/h1H. The molecular weight excluding hydrogens is 327 g/mol. The molecule has 0 amide bonds. The van der Waals surface area contributed by atoms with Gasteiger partial charge in [-0.25, -0.2) is 8.78 Å². The van der Waals surface area contributed by atoms with E-state index in [-0.39, 0.29) is 6.07 Å². The molecule has 0 bridgehead atoms. The van der Waals surface area contributed by atoms with Crippen LogP contribution in [0, 0.1) is 17.5 Å². The molecule has 0 radical (unpaired) electrons. The Kier molecular flexibility index (Phi) is 4.41. The minimum atomic E-state index is -2.53. The molecule has 94 valence electrons. The Morgan fingerprint density at radius 3 is 2.12 bits per heavy atom. The summed E-state index contributed by atoms with van der Waals surface area (Å²) < 4.78 is 41.3. The predicted molar refractivity (Wildman–Crippen MR) is 57.4 cm³/mol. The van der Waals surface area contributed by atoms with Gasteiger partial charge in [-0.05, 0) is 52.5 Å². The topological polar surface area (TPSA) is 26.3 Å². The van der Waals surface area contributed by atoms with Crippen molar-refractivity contribution in [3.63, 3.8) is 0 Å². The van der Waals surface area contributed by atoms with Gasteiger partial charge in [0.2, 0.25) is 5.82 Å². The summed E-state index contributed by atoms with van der Waals surface area (Å²) >= 11 is 20.3. The monoisotopic (exact) mass is 326 g/mol. The number of hydrogen-bond donors (Lipinski definition) is 0. The van der Waals surface area contributed by atoms with Gasteiger partial charge in [0.05, 0.1) is 5.56 Å². The fourth-order valence-corrected chi connectivity index (χ4v) is 1.30. The van der Waals surface area contributed by atoms with Gasteiger partial charge in [0, 0.05) is 0 Å². The van der Waals surface area contributed by atoms with E-state index in [2.05, 4.69) is 4.74 Å². The highest BCUT2D eigenvalue weighted by molar-refractivity contribution is 6.68. The van der Waals surface area contributed by atoms with Gasteiger partial charge in [-0.3, -0.25) is 4.79 Å². The summed E-state index contributed by atoms with van der Waals surface area (Å²) in [5, 5.41) is -1.35. The summed E-state index contributed by atoms with van der Waals surface area (Å²) in [5.74, 6) is -6.21. The molecule has 0 saturated carbocycles. The summed E-state index contributed by atoms with van der Waals surface area (Å²) in [4.78, 5) is 10.7. The van der Waals surface area contributed by atoms with E-state index in [0.29, 0.717) is 0 Å². The fraction of sp³-hybridized carbons (Fsp3) is 0.125. The highest BCUT2D eigenvalue weighted by Gasteiger charge is 2.30. The molecule has 0 atom stereocenters. The maximum absolute atomic E-state index is 13.5. The predicted octanol–water partition coefficient (Wildman–Crippen LogP) is 4.19. The molecule has 0 aliphatic carbocycles. The lowest BCUT2D eigenvalue weighted by Gasteiger charge is -2.15. The second-order valence-corrected chi connectivity index (χ2v) is 5.21. The third-order valence-corrected chi connectivity index (χ3v) is 1.98. The molecule has 2 nitrogen and oxygen atoms in total. The Hall–Kier alpha value is -0.360. The Balaban J connectivity index is 3.42. The van der Waals surface area contributed by atoms with E-state index in [9.17, 15) is 18.0 Å². The van der Waals surface area contributed by atoms with E-state index in [4.69, 9.17) is 46.4 Å². The van der Waals surface area contributed by atoms with Crippen molar-refractivity contribution in [3.8, 4) is 5.75 Å². The number of carbonyl (C=O) groups excluding carboxylic acids is 1. The lowest BCUT2D eigenvalue weighted by Crippen LogP contribution is -2.16. The van der Waals surface area contributed by atoms with Crippen LogP contribution in [0.15, 0.2) is 6.07 Å². The summed E-state index contributed by atoms with van der Waals surface area (Å²) in [6, 6.07) is 0.269. The lowest BCUT2D eigenvalue weighted by atomic mass is 10.2. The zero-order valence-electron chi connectivity index (χ0n) is 7.54. The molecule has 1 aromatic carbocycles. The van der Waals surface area contributed by atoms with Gasteiger partial charge < -0.3 is 4.74 Å². The van der Waals surface area contributed by atoms with Crippen molar-refractivity contribution in [1.29, 1.82) is 0 Å². The molecule has 9 heteroatoms. The van der Waals surface area contributed by atoms with Crippen molar-refractivity contribution in [3.05, 3.63) is 29.1 Å². The van der Waals surface area contributed by atoms with Crippen molar-refractivity contribution in [2.24, 2.45) is 0 Å². The zero-order chi connectivity index (χ0) is 13.4. The molecule has 0 fully saturated rings. The first kappa shape index (κ1) is 14.7. The number of hydrogen-bond acceptors (Lipinski definition) is 2. The van der Waals surface area contributed by atoms with Crippen LogP contribution in [0.3, 0.4) is 0 Å². The van der Waals surface area contributed by atoms with Gasteiger partial charge in [-0.1, -0.05) is 0 Å². The number of halogens is 7. The first-order valence-electron chi connectivity index (χ1n) is 3.76. The number of benzene rings is 1.